The maximum atomic E-state index is 4.59. The van der Waals surface area contributed by atoms with E-state index < -0.39 is 0 Å². The van der Waals surface area contributed by atoms with Gasteiger partial charge in [0.25, 0.3) is 0 Å². The Bertz CT molecular complexity index is 219. The molecule has 0 aromatic rings. The maximum Gasteiger partial charge on any atom is 0.0363 e. The SMILES string of the molecule is CC(=N/C(C)=C(/C)C(C)C)C(C)C. The highest BCUT2D eigenvalue weighted by Crippen LogP contribution is 2.15. The second kappa shape index (κ2) is 5.21. The molecule has 0 saturated carbocycles. The molecule has 0 unspecified atom stereocenters. The fourth-order valence-corrected chi connectivity index (χ4v) is 0.900. The van der Waals surface area contributed by atoms with Crippen molar-refractivity contribution in [1.29, 1.82) is 0 Å². The highest BCUT2D eigenvalue weighted by atomic mass is 14.8. The van der Waals surface area contributed by atoms with Crippen molar-refractivity contribution in [2.45, 2.75) is 48.5 Å². The Morgan fingerprint density at radius 1 is 0.846 bits per heavy atom. The highest BCUT2D eigenvalue weighted by molar-refractivity contribution is 5.84. The minimum absolute atomic E-state index is 0.551. The quantitative estimate of drug-likeness (QED) is 0.582. The number of aliphatic imine (C=N–C) groups is 1. The molecule has 0 N–H and O–H groups in total. The molecule has 0 radical (unpaired) electrons. The van der Waals surface area contributed by atoms with Gasteiger partial charge in [0.15, 0.2) is 0 Å². The lowest BCUT2D eigenvalue weighted by Crippen LogP contribution is -2.03. The van der Waals surface area contributed by atoms with Crippen LogP contribution in [0.5, 0.6) is 0 Å². The second-order valence-corrected chi connectivity index (χ2v) is 4.33. The smallest absolute Gasteiger partial charge is 0.0363 e. The van der Waals surface area contributed by atoms with E-state index in [1.165, 1.54) is 17.0 Å². The molecule has 0 spiro atoms. The van der Waals surface area contributed by atoms with Crippen LogP contribution in [0.4, 0.5) is 0 Å². The Balaban J connectivity index is 4.71. The van der Waals surface area contributed by atoms with Gasteiger partial charge in [-0.1, -0.05) is 27.7 Å². The Labute approximate surface area is 83.0 Å². The lowest BCUT2D eigenvalue weighted by molar-refractivity contribution is 0.752. The first-order chi connectivity index (χ1) is 5.86. The van der Waals surface area contributed by atoms with Crippen LogP contribution in [0.3, 0.4) is 0 Å². The maximum absolute atomic E-state index is 4.59. The molecule has 0 fully saturated rings. The molecule has 0 aliphatic rings. The van der Waals surface area contributed by atoms with E-state index in [-0.39, 0.29) is 0 Å². The Kier molecular flexibility index (Phi) is 4.97. The van der Waals surface area contributed by atoms with E-state index in [9.17, 15) is 0 Å². The van der Waals surface area contributed by atoms with Crippen LogP contribution in [0.1, 0.15) is 48.5 Å². The van der Waals surface area contributed by atoms with Crippen LogP contribution < -0.4 is 0 Å². The molecule has 1 nitrogen and oxygen atoms in total. The van der Waals surface area contributed by atoms with E-state index in [2.05, 4.69) is 53.5 Å². The van der Waals surface area contributed by atoms with Crippen molar-refractivity contribution in [3.63, 3.8) is 0 Å². The third-order valence-corrected chi connectivity index (χ3v) is 2.62. The molecular weight excluding hydrogens is 158 g/mol. The number of allylic oxidation sites excluding steroid dienone is 2. The van der Waals surface area contributed by atoms with Gasteiger partial charge in [-0.15, -0.1) is 0 Å². The summed E-state index contributed by atoms with van der Waals surface area (Å²) in [6.07, 6.45) is 0. The third kappa shape index (κ3) is 4.25. The molecule has 0 aromatic heterocycles. The van der Waals surface area contributed by atoms with Crippen LogP contribution in [0.15, 0.2) is 16.3 Å². The van der Waals surface area contributed by atoms with Crippen molar-refractivity contribution in [2.24, 2.45) is 16.8 Å². The second-order valence-electron chi connectivity index (χ2n) is 4.33. The van der Waals surface area contributed by atoms with E-state index in [1.807, 2.05) is 0 Å². The fraction of sp³-hybridized carbons (Fsp3) is 0.750. The molecule has 1 heteroatoms. The number of hydrogen-bond acceptors (Lipinski definition) is 1. The van der Waals surface area contributed by atoms with Gasteiger partial charge in [0, 0.05) is 11.4 Å². The van der Waals surface area contributed by atoms with Crippen LogP contribution in [-0.4, -0.2) is 5.71 Å². The van der Waals surface area contributed by atoms with E-state index in [0.717, 1.165) is 0 Å². The summed E-state index contributed by atoms with van der Waals surface area (Å²) in [6, 6.07) is 0. The summed E-state index contributed by atoms with van der Waals surface area (Å²) >= 11 is 0. The van der Waals surface area contributed by atoms with Gasteiger partial charge in [-0.05, 0) is 38.2 Å². The summed E-state index contributed by atoms with van der Waals surface area (Å²) in [5.74, 6) is 1.15. The largest absolute Gasteiger partial charge is 0.263 e. The molecular formula is C12H23N. The Morgan fingerprint density at radius 2 is 1.31 bits per heavy atom. The predicted molar refractivity (Wildman–Crippen MR) is 61.2 cm³/mol. The van der Waals surface area contributed by atoms with Gasteiger partial charge in [0.2, 0.25) is 0 Å². The standard InChI is InChI=1S/C12H23N/c1-8(2)10(5)12(7)13-11(6)9(3)4/h8-9H,1-7H3/b12-10-,13-11?. The number of nitrogens with zero attached hydrogens (tertiary/aromatic N) is 1. The molecule has 0 rings (SSSR count). The number of rotatable bonds is 3. The van der Waals surface area contributed by atoms with Crippen LogP contribution in [0, 0.1) is 11.8 Å². The topological polar surface area (TPSA) is 12.4 Å². The van der Waals surface area contributed by atoms with E-state index in [0.29, 0.717) is 11.8 Å². The monoisotopic (exact) mass is 181 g/mol. The van der Waals surface area contributed by atoms with Crippen molar-refractivity contribution < 1.29 is 0 Å². The van der Waals surface area contributed by atoms with Gasteiger partial charge in [-0.2, -0.15) is 0 Å². The van der Waals surface area contributed by atoms with Crippen LogP contribution in [0.25, 0.3) is 0 Å². The molecule has 0 aliphatic heterocycles. The molecule has 0 bridgehead atoms. The average molecular weight is 181 g/mol. The summed E-state index contributed by atoms with van der Waals surface area (Å²) in [4.78, 5) is 4.59. The summed E-state index contributed by atoms with van der Waals surface area (Å²) in [7, 11) is 0. The van der Waals surface area contributed by atoms with Crippen LogP contribution in [0.2, 0.25) is 0 Å². The normalized spacial score (nSPS) is 15.3. The van der Waals surface area contributed by atoms with E-state index >= 15 is 0 Å². The third-order valence-electron chi connectivity index (χ3n) is 2.62. The molecule has 0 aromatic carbocycles. The minimum Gasteiger partial charge on any atom is -0.263 e. The summed E-state index contributed by atoms with van der Waals surface area (Å²) in [5, 5.41) is 0. The van der Waals surface area contributed by atoms with Gasteiger partial charge < -0.3 is 0 Å². The summed E-state index contributed by atoms with van der Waals surface area (Å²) < 4.78 is 0. The first-order valence-electron chi connectivity index (χ1n) is 5.08. The molecule has 0 saturated heterocycles. The van der Waals surface area contributed by atoms with Crippen molar-refractivity contribution in [2.75, 3.05) is 0 Å². The van der Waals surface area contributed by atoms with Crippen molar-refractivity contribution in [3.8, 4) is 0 Å². The average Bonchev–Trinajstić information content (AvgIpc) is 2.02. The highest BCUT2D eigenvalue weighted by Gasteiger charge is 2.02. The van der Waals surface area contributed by atoms with Gasteiger partial charge >= 0.3 is 0 Å². The molecule has 13 heavy (non-hydrogen) atoms. The van der Waals surface area contributed by atoms with E-state index in [4.69, 9.17) is 0 Å². The first-order valence-corrected chi connectivity index (χ1v) is 5.08. The molecule has 76 valence electrons. The zero-order valence-electron chi connectivity index (χ0n) is 10.1. The molecule has 0 heterocycles. The Hall–Kier alpha value is -0.590. The van der Waals surface area contributed by atoms with Crippen molar-refractivity contribution in [3.05, 3.63) is 11.3 Å². The van der Waals surface area contributed by atoms with Crippen LogP contribution >= 0.6 is 0 Å². The zero-order valence-corrected chi connectivity index (χ0v) is 10.1. The Morgan fingerprint density at radius 3 is 1.62 bits per heavy atom. The molecule has 0 aliphatic carbocycles. The lowest BCUT2D eigenvalue weighted by Gasteiger charge is -2.09. The molecule has 0 atom stereocenters. The van der Waals surface area contributed by atoms with Gasteiger partial charge in [-0.25, -0.2) is 0 Å². The van der Waals surface area contributed by atoms with Crippen molar-refractivity contribution in [1.82, 2.24) is 0 Å². The van der Waals surface area contributed by atoms with Crippen molar-refractivity contribution >= 4 is 5.71 Å². The van der Waals surface area contributed by atoms with Crippen LogP contribution in [-0.2, 0) is 0 Å². The first kappa shape index (κ1) is 12.4. The van der Waals surface area contributed by atoms with E-state index in [1.54, 1.807) is 0 Å². The molecule has 0 amide bonds. The minimum atomic E-state index is 0.551. The number of hydrogen-bond donors (Lipinski definition) is 0. The summed E-state index contributed by atoms with van der Waals surface area (Å²) in [5.41, 5.74) is 3.79. The van der Waals surface area contributed by atoms with Gasteiger partial charge in [-0.3, -0.25) is 4.99 Å². The predicted octanol–water partition coefficient (Wildman–Crippen LogP) is 4.05. The zero-order chi connectivity index (χ0) is 10.6. The van der Waals surface area contributed by atoms with Gasteiger partial charge in [0.1, 0.15) is 0 Å². The lowest BCUT2D eigenvalue weighted by atomic mass is 10.0. The summed E-state index contributed by atoms with van der Waals surface area (Å²) in [6.45, 7) is 15.1. The fourth-order valence-electron chi connectivity index (χ4n) is 0.900. The van der Waals surface area contributed by atoms with Gasteiger partial charge in [0.05, 0.1) is 0 Å².